The Bertz CT molecular complexity index is 421. The summed E-state index contributed by atoms with van der Waals surface area (Å²) >= 11 is 0. The minimum absolute atomic E-state index is 3.04. The maximum absolute atomic E-state index is 10.3. The fourth-order valence-corrected chi connectivity index (χ4v) is 2.40. The second kappa shape index (κ2) is 3.45. The summed E-state index contributed by atoms with van der Waals surface area (Å²) in [5, 5.41) is 8.19. The van der Waals surface area contributed by atoms with Gasteiger partial charge in [-0.3, -0.25) is 0 Å². The molecule has 0 aromatic rings. The Hall–Kier alpha value is -0.310. The van der Waals surface area contributed by atoms with Gasteiger partial charge in [-0.25, -0.2) is 10.3 Å². The maximum atomic E-state index is 10.3. The molecule has 0 heterocycles. The lowest BCUT2D eigenvalue weighted by atomic mass is 13.9. The summed E-state index contributed by atoms with van der Waals surface area (Å²) in [5.41, 5.74) is 0. The van der Waals surface area contributed by atoms with E-state index in [4.69, 9.17) is 0 Å². The zero-order valence-electron chi connectivity index (χ0n) is 5.65. The molecule has 13 heavy (non-hydrogen) atoms. The van der Waals surface area contributed by atoms with E-state index in [2.05, 4.69) is 17.5 Å². The molecule has 0 radical (unpaired) electrons. The Kier molecular flexibility index (Phi) is 3.36. The van der Waals surface area contributed by atoms with E-state index < -0.39 is 31.0 Å². The van der Waals surface area contributed by atoms with Crippen molar-refractivity contribution in [2.45, 2.75) is 0 Å². The summed E-state index contributed by atoms with van der Waals surface area (Å²) < 4.78 is 66.7. The van der Waals surface area contributed by atoms with Gasteiger partial charge < -0.3 is 0 Å². The molecule has 4 N–H and O–H groups in total. The zero-order chi connectivity index (χ0) is 10.9. The molecule has 0 aromatic carbocycles. The number of nitrogens with two attached hydrogens (primary N) is 2. The molecule has 0 spiro atoms. The normalized spacial score (nSPS) is 14.3. The fourth-order valence-electron chi connectivity index (χ4n) is 0.244. The Morgan fingerprint density at radius 2 is 0.923 bits per heavy atom. The topological polar surface area (TPSA) is 173 Å². The van der Waals surface area contributed by atoms with Crippen LogP contribution in [0.1, 0.15) is 0 Å². The Morgan fingerprint density at radius 3 is 1.08 bits per heavy atom. The van der Waals surface area contributed by atoms with Gasteiger partial charge in [0.15, 0.2) is 0 Å². The molecular formula is H4N2O8S3. The third kappa shape index (κ3) is 8.03. The van der Waals surface area contributed by atoms with Gasteiger partial charge in [-0.05, 0) is 0 Å². The van der Waals surface area contributed by atoms with Crippen molar-refractivity contribution in [3.63, 3.8) is 0 Å². The highest BCUT2D eigenvalue weighted by Gasteiger charge is 2.25. The van der Waals surface area contributed by atoms with Crippen LogP contribution in [-0.4, -0.2) is 25.3 Å². The molecule has 13 heteroatoms. The van der Waals surface area contributed by atoms with E-state index in [0.717, 1.165) is 0 Å². The highest BCUT2D eigenvalue weighted by molar-refractivity contribution is 8.02. The summed E-state index contributed by atoms with van der Waals surface area (Å²) in [4.78, 5) is 0. The van der Waals surface area contributed by atoms with Crippen LogP contribution in [0, 0.1) is 0 Å². The van der Waals surface area contributed by atoms with Crippen LogP contribution < -0.4 is 10.3 Å². The minimum Gasteiger partial charge on any atom is -0.204 e. The van der Waals surface area contributed by atoms with Gasteiger partial charge in [-0.1, -0.05) is 0 Å². The fraction of sp³-hybridized carbons (Fsp3) is 0. The first-order valence-electron chi connectivity index (χ1n) is 2.14. The lowest BCUT2D eigenvalue weighted by Gasteiger charge is -1.99. The van der Waals surface area contributed by atoms with Gasteiger partial charge in [0, 0.05) is 0 Å². The van der Waals surface area contributed by atoms with E-state index in [1.165, 1.54) is 0 Å². The lowest BCUT2D eigenvalue weighted by Crippen LogP contribution is -2.27. The van der Waals surface area contributed by atoms with Crippen LogP contribution in [-0.2, 0) is 38.3 Å². The van der Waals surface area contributed by atoms with Crippen LogP contribution in [0.25, 0.3) is 0 Å². The summed E-state index contributed by atoms with van der Waals surface area (Å²) in [6.45, 7) is 0. The van der Waals surface area contributed by atoms with Gasteiger partial charge in [0.05, 0.1) is 0 Å². The van der Waals surface area contributed by atoms with Crippen LogP contribution in [0.4, 0.5) is 0 Å². The second-order valence-electron chi connectivity index (χ2n) is 1.53. The van der Waals surface area contributed by atoms with E-state index in [1.807, 2.05) is 0 Å². The van der Waals surface area contributed by atoms with Gasteiger partial charge in [-0.15, -0.1) is 7.26 Å². The summed E-state index contributed by atoms with van der Waals surface area (Å²) in [6, 6.07) is 0. The van der Waals surface area contributed by atoms with E-state index >= 15 is 0 Å². The smallest absolute Gasteiger partial charge is 0.204 e. The van der Waals surface area contributed by atoms with Crippen molar-refractivity contribution < 1.29 is 32.5 Å². The largest absolute Gasteiger partial charge is 0.431 e. The molecule has 10 nitrogen and oxygen atoms in total. The average molecular weight is 256 g/mol. The van der Waals surface area contributed by atoms with E-state index in [0.29, 0.717) is 0 Å². The van der Waals surface area contributed by atoms with Gasteiger partial charge in [0.2, 0.25) is 0 Å². The lowest BCUT2D eigenvalue weighted by molar-refractivity contribution is 0.387. The van der Waals surface area contributed by atoms with Gasteiger partial charge in [0.1, 0.15) is 0 Å². The van der Waals surface area contributed by atoms with Crippen LogP contribution in [0.5, 0.6) is 0 Å². The van der Waals surface area contributed by atoms with Crippen molar-refractivity contribution in [3.8, 4) is 0 Å². The average Bonchev–Trinajstić information content (AvgIpc) is 1.43. The summed E-state index contributed by atoms with van der Waals surface area (Å²) in [5.74, 6) is 0. The molecule has 0 unspecified atom stereocenters. The monoisotopic (exact) mass is 256 g/mol. The SMILES string of the molecule is NS(=O)(=O)OS(=O)(=O)OS(N)(=O)=O. The first-order chi connectivity index (χ1) is 5.41. The molecule has 0 rings (SSSR count). The first-order valence-corrected chi connectivity index (χ1v) is 6.41. The Morgan fingerprint density at radius 1 is 0.692 bits per heavy atom. The van der Waals surface area contributed by atoms with Crippen molar-refractivity contribution in [1.82, 2.24) is 0 Å². The molecule has 0 bridgehead atoms. The van der Waals surface area contributed by atoms with E-state index in [1.54, 1.807) is 0 Å². The highest BCUT2D eigenvalue weighted by atomic mass is 32.3. The predicted molar refractivity (Wildman–Crippen MR) is 37.3 cm³/mol. The number of rotatable bonds is 4. The quantitative estimate of drug-likeness (QED) is 0.525. The molecule has 0 amide bonds. The van der Waals surface area contributed by atoms with Crippen LogP contribution in [0.3, 0.4) is 0 Å². The molecule has 0 atom stereocenters. The van der Waals surface area contributed by atoms with Crippen molar-refractivity contribution >= 4 is 31.0 Å². The Labute approximate surface area is 74.3 Å². The van der Waals surface area contributed by atoms with Crippen molar-refractivity contribution in [3.05, 3.63) is 0 Å². The van der Waals surface area contributed by atoms with Crippen LogP contribution >= 0.6 is 0 Å². The number of hydrogen-bond acceptors (Lipinski definition) is 8. The highest BCUT2D eigenvalue weighted by Crippen LogP contribution is 2.01. The van der Waals surface area contributed by atoms with Gasteiger partial charge in [0.25, 0.3) is 0 Å². The third-order valence-corrected chi connectivity index (χ3v) is 3.21. The van der Waals surface area contributed by atoms with Crippen molar-refractivity contribution in [2.24, 2.45) is 10.3 Å². The summed E-state index contributed by atoms with van der Waals surface area (Å²) in [7, 11) is -15.1. The maximum Gasteiger partial charge on any atom is 0.431 e. The molecule has 80 valence electrons. The standard InChI is InChI=1S/H4N2O8S3/c1-11(3,4)9-13(7,8)10-12(2,5)6/h(H2,1,3,4)(H2,2,5,6). The molecule has 0 saturated heterocycles. The molecule has 0 saturated carbocycles. The molecule has 0 aliphatic carbocycles. The minimum atomic E-state index is -5.32. The van der Waals surface area contributed by atoms with E-state index in [9.17, 15) is 25.3 Å². The summed E-state index contributed by atoms with van der Waals surface area (Å²) in [6.07, 6.45) is 0. The molecule has 0 aliphatic rings. The zero-order valence-corrected chi connectivity index (χ0v) is 8.09. The molecule has 0 aromatic heterocycles. The predicted octanol–water partition coefficient (Wildman–Crippen LogP) is -3.33. The van der Waals surface area contributed by atoms with E-state index in [-0.39, 0.29) is 0 Å². The van der Waals surface area contributed by atoms with Gasteiger partial charge >= 0.3 is 31.0 Å². The van der Waals surface area contributed by atoms with Crippen molar-refractivity contribution in [1.29, 1.82) is 0 Å². The molecular weight excluding hydrogens is 252 g/mol. The molecule has 0 fully saturated rings. The Balaban J connectivity index is 4.86. The number of hydrogen-bond donors (Lipinski definition) is 2. The molecule has 0 aliphatic heterocycles. The second-order valence-corrected chi connectivity index (χ2v) is 5.41. The van der Waals surface area contributed by atoms with Crippen LogP contribution in [0.2, 0.25) is 0 Å². The van der Waals surface area contributed by atoms with Crippen molar-refractivity contribution in [2.75, 3.05) is 0 Å². The van der Waals surface area contributed by atoms with Crippen LogP contribution in [0.15, 0.2) is 0 Å². The van der Waals surface area contributed by atoms with Gasteiger partial charge in [-0.2, -0.15) is 25.3 Å². The third-order valence-electron chi connectivity index (χ3n) is 0.356. The first kappa shape index (κ1) is 12.7.